The molecule has 0 aromatic heterocycles. The fraction of sp³-hybridized carbons (Fsp3) is 0.667. The van der Waals surface area contributed by atoms with Crippen LogP contribution in [0.3, 0.4) is 0 Å². The van der Waals surface area contributed by atoms with E-state index in [0.29, 0.717) is 12.1 Å². The van der Waals surface area contributed by atoms with Gasteiger partial charge in [-0.05, 0) is 68.3 Å². The van der Waals surface area contributed by atoms with Gasteiger partial charge in [-0.1, -0.05) is 13.0 Å². The highest BCUT2D eigenvalue weighted by molar-refractivity contribution is 5.35. The maximum atomic E-state index is 13.4. The Labute approximate surface area is 126 Å². The number of nitrogens with zero attached hydrogens (tertiary/aromatic N) is 1. The molecule has 2 aliphatic heterocycles. The van der Waals surface area contributed by atoms with Crippen LogP contribution in [0.4, 0.5) is 4.39 Å². The number of piperidine rings is 1. The first-order valence-electron chi connectivity index (χ1n) is 8.54. The largest absolute Gasteiger partial charge is 0.311 e. The zero-order chi connectivity index (χ0) is 14.4. The fourth-order valence-electron chi connectivity index (χ4n) is 4.94. The molecular weight excluding hydrogens is 263 g/mol. The van der Waals surface area contributed by atoms with Crippen molar-refractivity contribution in [3.8, 4) is 0 Å². The van der Waals surface area contributed by atoms with E-state index in [1.807, 2.05) is 6.07 Å². The van der Waals surface area contributed by atoms with Gasteiger partial charge in [0.15, 0.2) is 0 Å². The molecule has 2 heterocycles. The standard InChI is InChI=1S/C18H25FN2/c1-2-21(16-10-14-5-6-15(11-16)20-14)18-8-3-12-9-13(19)4-7-17(12)18/h4,7,9,14-16,18,20H,2-3,5-6,8,10-11H2,1H3. The normalized spacial score (nSPS) is 34.4. The summed E-state index contributed by atoms with van der Waals surface area (Å²) in [5, 5.41) is 3.74. The summed E-state index contributed by atoms with van der Waals surface area (Å²) >= 11 is 0. The molecule has 1 aromatic carbocycles. The summed E-state index contributed by atoms with van der Waals surface area (Å²) in [5.74, 6) is -0.0858. The number of benzene rings is 1. The lowest BCUT2D eigenvalue weighted by Gasteiger charge is -2.41. The topological polar surface area (TPSA) is 15.3 Å². The second-order valence-corrected chi connectivity index (χ2v) is 6.99. The molecule has 0 spiro atoms. The number of hydrogen-bond acceptors (Lipinski definition) is 2. The van der Waals surface area contributed by atoms with Gasteiger partial charge in [0.2, 0.25) is 0 Å². The lowest BCUT2D eigenvalue weighted by atomic mass is 9.95. The summed E-state index contributed by atoms with van der Waals surface area (Å²) in [7, 11) is 0. The fourth-order valence-corrected chi connectivity index (χ4v) is 4.94. The molecular formula is C18H25FN2. The molecule has 0 amide bonds. The van der Waals surface area contributed by atoms with Gasteiger partial charge in [-0.2, -0.15) is 0 Å². The summed E-state index contributed by atoms with van der Waals surface area (Å²) in [6.07, 6.45) is 7.48. The average molecular weight is 288 g/mol. The van der Waals surface area contributed by atoms with Gasteiger partial charge < -0.3 is 5.32 Å². The minimum absolute atomic E-state index is 0.0858. The number of aryl methyl sites for hydroxylation is 1. The molecule has 3 unspecified atom stereocenters. The van der Waals surface area contributed by atoms with E-state index in [-0.39, 0.29) is 5.82 Å². The maximum absolute atomic E-state index is 13.4. The highest BCUT2D eigenvalue weighted by Crippen LogP contribution is 2.40. The van der Waals surface area contributed by atoms with E-state index in [0.717, 1.165) is 31.5 Å². The van der Waals surface area contributed by atoms with Crippen molar-refractivity contribution < 1.29 is 4.39 Å². The Morgan fingerprint density at radius 2 is 1.95 bits per heavy atom. The van der Waals surface area contributed by atoms with Gasteiger partial charge in [0, 0.05) is 24.2 Å². The van der Waals surface area contributed by atoms with Crippen LogP contribution in [0.5, 0.6) is 0 Å². The van der Waals surface area contributed by atoms with Gasteiger partial charge in [0.25, 0.3) is 0 Å². The number of rotatable bonds is 3. The highest BCUT2D eigenvalue weighted by Gasteiger charge is 2.39. The number of nitrogens with one attached hydrogen (secondary N) is 1. The van der Waals surface area contributed by atoms with E-state index in [2.05, 4.69) is 17.1 Å². The first-order valence-corrected chi connectivity index (χ1v) is 8.54. The van der Waals surface area contributed by atoms with Gasteiger partial charge >= 0.3 is 0 Å². The van der Waals surface area contributed by atoms with Crippen LogP contribution in [0, 0.1) is 5.82 Å². The van der Waals surface area contributed by atoms with Gasteiger partial charge in [-0.3, -0.25) is 4.90 Å². The summed E-state index contributed by atoms with van der Waals surface area (Å²) in [5.41, 5.74) is 2.61. The minimum Gasteiger partial charge on any atom is -0.311 e. The maximum Gasteiger partial charge on any atom is 0.123 e. The van der Waals surface area contributed by atoms with Crippen molar-refractivity contribution in [3.05, 3.63) is 35.1 Å². The number of halogens is 1. The number of fused-ring (bicyclic) bond motifs is 3. The second-order valence-electron chi connectivity index (χ2n) is 6.99. The van der Waals surface area contributed by atoms with Crippen molar-refractivity contribution in [2.45, 2.75) is 69.6 Å². The van der Waals surface area contributed by atoms with Crippen molar-refractivity contribution in [1.29, 1.82) is 0 Å². The summed E-state index contributed by atoms with van der Waals surface area (Å²) in [6.45, 7) is 3.39. The first-order chi connectivity index (χ1) is 10.2. The van der Waals surface area contributed by atoms with Gasteiger partial charge in [-0.25, -0.2) is 4.39 Å². The third-order valence-corrected chi connectivity index (χ3v) is 5.83. The van der Waals surface area contributed by atoms with Gasteiger partial charge in [0.1, 0.15) is 5.82 Å². The van der Waals surface area contributed by atoms with Crippen LogP contribution in [0.25, 0.3) is 0 Å². The highest BCUT2D eigenvalue weighted by atomic mass is 19.1. The van der Waals surface area contributed by atoms with E-state index < -0.39 is 0 Å². The SMILES string of the molecule is CCN(C1CC2CCC(C1)N2)C1CCc2cc(F)ccc21. The molecule has 4 rings (SSSR count). The summed E-state index contributed by atoms with van der Waals surface area (Å²) < 4.78 is 13.4. The van der Waals surface area contributed by atoms with E-state index in [1.165, 1.54) is 36.8 Å². The van der Waals surface area contributed by atoms with Crippen LogP contribution < -0.4 is 5.32 Å². The lowest BCUT2D eigenvalue weighted by Crippen LogP contribution is -2.49. The van der Waals surface area contributed by atoms with Crippen molar-refractivity contribution in [2.24, 2.45) is 0 Å². The van der Waals surface area contributed by atoms with E-state index in [1.54, 1.807) is 12.1 Å². The molecule has 1 N–H and O–H groups in total. The van der Waals surface area contributed by atoms with Gasteiger partial charge in [-0.15, -0.1) is 0 Å². The molecule has 1 aromatic rings. The Bertz CT molecular complexity index is 518. The zero-order valence-corrected chi connectivity index (χ0v) is 12.8. The van der Waals surface area contributed by atoms with Crippen LogP contribution in [-0.4, -0.2) is 29.6 Å². The molecule has 21 heavy (non-hydrogen) atoms. The molecule has 1 aliphatic carbocycles. The van der Waals surface area contributed by atoms with Crippen molar-refractivity contribution >= 4 is 0 Å². The van der Waals surface area contributed by atoms with Gasteiger partial charge in [0.05, 0.1) is 0 Å². The molecule has 3 atom stereocenters. The molecule has 2 nitrogen and oxygen atoms in total. The smallest absolute Gasteiger partial charge is 0.123 e. The zero-order valence-electron chi connectivity index (χ0n) is 12.8. The van der Waals surface area contributed by atoms with Crippen LogP contribution in [0.1, 0.15) is 56.2 Å². The minimum atomic E-state index is -0.0858. The summed E-state index contributed by atoms with van der Waals surface area (Å²) in [4.78, 5) is 2.70. The number of hydrogen-bond donors (Lipinski definition) is 1. The lowest BCUT2D eigenvalue weighted by molar-refractivity contribution is 0.0995. The van der Waals surface area contributed by atoms with Crippen molar-refractivity contribution in [1.82, 2.24) is 10.2 Å². The predicted molar refractivity (Wildman–Crippen MR) is 82.8 cm³/mol. The third-order valence-electron chi connectivity index (χ3n) is 5.83. The molecule has 3 aliphatic rings. The van der Waals surface area contributed by atoms with Crippen molar-refractivity contribution in [3.63, 3.8) is 0 Å². The van der Waals surface area contributed by atoms with Crippen LogP contribution >= 0.6 is 0 Å². The Morgan fingerprint density at radius 3 is 2.67 bits per heavy atom. The molecule has 2 bridgehead atoms. The van der Waals surface area contributed by atoms with E-state index >= 15 is 0 Å². The molecule has 3 heteroatoms. The Hall–Kier alpha value is -0.930. The van der Waals surface area contributed by atoms with Crippen LogP contribution in [-0.2, 0) is 6.42 Å². The Morgan fingerprint density at radius 1 is 1.19 bits per heavy atom. The predicted octanol–water partition coefficient (Wildman–Crippen LogP) is 3.42. The van der Waals surface area contributed by atoms with Crippen LogP contribution in [0.2, 0.25) is 0 Å². The monoisotopic (exact) mass is 288 g/mol. The van der Waals surface area contributed by atoms with Crippen molar-refractivity contribution in [2.75, 3.05) is 6.54 Å². The summed E-state index contributed by atoms with van der Waals surface area (Å²) in [6, 6.07) is 8.09. The average Bonchev–Trinajstić information content (AvgIpc) is 3.03. The van der Waals surface area contributed by atoms with E-state index in [4.69, 9.17) is 0 Å². The molecule has 2 fully saturated rings. The molecule has 2 saturated heterocycles. The first kappa shape index (κ1) is 13.7. The molecule has 0 saturated carbocycles. The molecule has 114 valence electrons. The Kier molecular flexibility index (Phi) is 3.50. The Balaban J connectivity index is 1.57. The molecule has 0 radical (unpaired) electrons. The second kappa shape index (κ2) is 5.36. The third kappa shape index (κ3) is 2.40. The van der Waals surface area contributed by atoms with Crippen LogP contribution in [0.15, 0.2) is 18.2 Å². The van der Waals surface area contributed by atoms with E-state index in [9.17, 15) is 4.39 Å². The quantitative estimate of drug-likeness (QED) is 0.917.